The number of thiophene rings is 1. The number of hydrogen-bond acceptors (Lipinski definition) is 6. The van der Waals surface area contributed by atoms with Gasteiger partial charge in [-0.15, -0.1) is 11.3 Å². The number of hydrogen-bond donors (Lipinski definition) is 0. The normalized spacial score (nSPS) is 17.8. The summed E-state index contributed by atoms with van der Waals surface area (Å²) in [5, 5.41) is 11.9. The van der Waals surface area contributed by atoms with Gasteiger partial charge in [0.25, 0.3) is 5.91 Å². The number of benzene rings is 1. The summed E-state index contributed by atoms with van der Waals surface area (Å²) in [6, 6.07) is 11.0. The van der Waals surface area contributed by atoms with E-state index in [0.717, 1.165) is 39.4 Å². The second-order valence-electron chi connectivity index (χ2n) is 6.01. The van der Waals surface area contributed by atoms with Crippen LogP contribution in [0.3, 0.4) is 0 Å². The largest absolute Gasteiger partial charge is 0.337 e. The number of carbonyl (C=O) groups is 1. The highest BCUT2D eigenvalue weighted by atomic mass is 32.1. The van der Waals surface area contributed by atoms with Crippen LogP contribution in [0.4, 0.5) is 5.00 Å². The van der Waals surface area contributed by atoms with E-state index in [1.54, 1.807) is 22.3 Å². The van der Waals surface area contributed by atoms with Crippen molar-refractivity contribution < 1.29 is 9.72 Å². The molecule has 128 valence electrons. The Morgan fingerprint density at radius 2 is 2.08 bits per heavy atom. The number of likely N-dealkylation sites (tertiary alicyclic amines) is 1. The molecule has 25 heavy (non-hydrogen) atoms. The number of nitrogens with zero attached hydrogens (tertiary/aromatic N) is 3. The number of piperidine rings is 1. The van der Waals surface area contributed by atoms with E-state index < -0.39 is 4.92 Å². The van der Waals surface area contributed by atoms with Crippen LogP contribution in [-0.4, -0.2) is 33.8 Å². The molecule has 0 saturated carbocycles. The van der Waals surface area contributed by atoms with Gasteiger partial charge in [0.05, 0.1) is 25.0 Å². The van der Waals surface area contributed by atoms with Crippen LogP contribution >= 0.6 is 22.7 Å². The van der Waals surface area contributed by atoms with Crippen LogP contribution in [0.2, 0.25) is 0 Å². The van der Waals surface area contributed by atoms with Gasteiger partial charge < -0.3 is 4.90 Å². The van der Waals surface area contributed by atoms with Gasteiger partial charge in [-0.1, -0.05) is 23.5 Å². The third-order valence-electron chi connectivity index (χ3n) is 4.35. The molecule has 1 fully saturated rings. The van der Waals surface area contributed by atoms with Gasteiger partial charge in [-0.05, 0) is 31.0 Å². The molecule has 1 aliphatic rings. The Labute approximate surface area is 151 Å². The summed E-state index contributed by atoms with van der Waals surface area (Å²) in [4.78, 5) is 30.0. The van der Waals surface area contributed by atoms with E-state index in [9.17, 15) is 14.9 Å². The van der Waals surface area contributed by atoms with Crippen molar-refractivity contribution in [2.24, 2.45) is 0 Å². The van der Waals surface area contributed by atoms with Gasteiger partial charge in [0, 0.05) is 25.1 Å². The Morgan fingerprint density at radius 3 is 2.84 bits per heavy atom. The van der Waals surface area contributed by atoms with E-state index in [4.69, 9.17) is 4.98 Å². The molecule has 6 nitrogen and oxygen atoms in total. The van der Waals surface area contributed by atoms with Gasteiger partial charge in [0.15, 0.2) is 0 Å². The first-order valence-corrected chi connectivity index (χ1v) is 9.64. The highest BCUT2D eigenvalue weighted by Gasteiger charge is 2.29. The van der Waals surface area contributed by atoms with E-state index in [-0.39, 0.29) is 16.8 Å². The van der Waals surface area contributed by atoms with E-state index >= 15 is 0 Å². The molecule has 4 rings (SSSR count). The summed E-state index contributed by atoms with van der Waals surface area (Å²) in [5.41, 5.74) is 1.000. The van der Waals surface area contributed by atoms with Crippen LogP contribution in [0.5, 0.6) is 0 Å². The summed E-state index contributed by atoms with van der Waals surface area (Å²) < 4.78 is 1.16. The van der Waals surface area contributed by atoms with Gasteiger partial charge >= 0.3 is 5.00 Å². The van der Waals surface area contributed by atoms with Crippen molar-refractivity contribution in [3.8, 4) is 0 Å². The number of thiazole rings is 1. The molecule has 1 amide bonds. The molecular weight excluding hydrogens is 358 g/mol. The van der Waals surface area contributed by atoms with Gasteiger partial charge in [-0.3, -0.25) is 14.9 Å². The van der Waals surface area contributed by atoms with E-state index in [1.807, 2.05) is 18.2 Å². The lowest BCUT2D eigenvalue weighted by Crippen LogP contribution is -2.38. The first-order valence-electron chi connectivity index (χ1n) is 8.01. The number of nitro groups is 1. The molecule has 1 saturated heterocycles. The molecule has 1 atom stereocenters. The van der Waals surface area contributed by atoms with Crippen LogP contribution in [0.1, 0.15) is 33.4 Å². The molecule has 0 radical (unpaired) electrons. The zero-order valence-electron chi connectivity index (χ0n) is 13.3. The number of rotatable bonds is 3. The van der Waals surface area contributed by atoms with Crippen LogP contribution in [0, 0.1) is 10.1 Å². The molecule has 1 aromatic carbocycles. The summed E-state index contributed by atoms with van der Waals surface area (Å²) in [6.45, 7) is 1.30. The van der Waals surface area contributed by atoms with Crippen molar-refractivity contribution in [3.05, 3.63) is 56.4 Å². The third-order valence-corrected chi connectivity index (χ3v) is 6.57. The lowest BCUT2D eigenvalue weighted by molar-refractivity contribution is -0.380. The average Bonchev–Trinajstić information content (AvgIpc) is 3.28. The maximum Gasteiger partial charge on any atom is 0.324 e. The zero-order valence-corrected chi connectivity index (χ0v) is 14.9. The van der Waals surface area contributed by atoms with Gasteiger partial charge in [0.2, 0.25) is 0 Å². The Kier molecular flexibility index (Phi) is 4.22. The fraction of sp³-hybridized carbons (Fsp3) is 0.294. The zero-order chi connectivity index (χ0) is 17.4. The van der Waals surface area contributed by atoms with E-state index in [2.05, 4.69) is 6.07 Å². The van der Waals surface area contributed by atoms with Crippen molar-refractivity contribution in [1.29, 1.82) is 0 Å². The molecule has 2 aromatic heterocycles. The van der Waals surface area contributed by atoms with Crippen molar-refractivity contribution in [3.63, 3.8) is 0 Å². The lowest BCUT2D eigenvalue weighted by atomic mass is 9.98. The minimum atomic E-state index is -0.457. The van der Waals surface area contributed by atoms with E-state index in [1.165, 1.54) is 6.07 Å². The van der Waals surface area contributed by atoms with Crippen LogP contribution in [0.25, 0.3) is 10.2 Å². The molecule has 0 spiro atoms. The molecular formula is C17H15N3O3S2. The van der Waals surface area contributed by atoms with Crippen molar-refractivity contribution in [1.82, 2.24) is 9.88 Å². The number of aromatic nitrogens is 1. The summed E-state index contributed by atoms with van der Waals surface area (Å²) in [5.74, 6) is 0.106. The van der Waals surface area contributed by atoms with E-state index in [0.29, 0.717) is 18.0 Å². The number of amides is 1. The quantitative estimate of drug-likeness (QED) is 0.507. The van der Waals surface area contributed by atoms with Crippen LogP contribution in [-0.2, 0) is 0 Å². The molecule has 8 heteroatoms. The predicted octanol–water partition coefficient (Wildman–Crippen LogP) is 4.29. The van der Waals surface area contributed by atoms with Crippen molar-refractivity contribution in [2.75, 3.05) is 13.1 Å². The standard InChI is InChI=1S/C17H15N3O3S2/c21-17(14-7-8-15(24-14)20(22)23)19-9-3-4-11(10-19)16-18-12-5-1-2-6-13(12)25-16/h1-2,5-8,11H,3-4,9-10H2/t11-/m1/s1. The first kappa shape index (κ1) is 16.2. The van der Waals surface area contributed by atoms with Crippen LogP contribution < -0.4 is 0 Å². The molecule has 1 aliphatic heterocycles. The summed E-state index contributed by atoms with van der Waals surface area (Å²) >= 11 is 2.63. The Morgan fingerprint density at radius 1 is 1.24 bits per heavy atom. The fourth-order valence-corrected chi connectivity index (χ4v) is 5.01. The average molecular weight is 373 g/mol. The third kappa shape index (κ3) is 3.14. The van der Waals surface area contributed by atoms with Crippen molar-refractivity contribution in [2.45, 2.75) is 18.8 Å². The Bertz CT molecular complexity index is 916. The smallest absolute Gasteiger partial charge is 0.324 e. The minimum Gasteiger partial charge on any atom is -0.337 e. The molecule has 0 bridgehead atoms. The number of carbonyl (C=O) groups excluding carboxylic acids is 1. The van der Waals surface area contributed by atoms with Gasteiger partial charge in [-0.25, -0.2) is 4.98 Å². The second kappa shape index (κ2) is 6.53. The molecule has 3 aromatic rings. The summed E-state index contributed by atoms with van der Waals surface area (Å²) in [7, 11) is 0. The SMILES string of the molecule is O=C(c1ccc([N+](=O)[O-])s1)N1CCC[C@@H](c2nc3ccccc3s2)C1. The lowest BCUT2D eigenvalue weighted by Gasteiger charge is -2.31. The van der Waals surface area contributed by atoms with Gasteiger partial charge in [0.1, 0.15) is 0 Å². The maximum absolute atomic E-state index is 12.7. The number of para-hydroxylation sites is 1. The highest BCUT2D eigenvalue weighted by Crippen LogP contribution is 2.34. The number of fused-ring (bicyclic) bond motifs is 1. The van der Waals surface area contributed by atoms with Crippen molar-refractivity contribution >= 4 is 43.8 Å². The fourth-order valence-electron chi connectivity index (χ4n) is 3.12. The monoisotopic (exact) mass is 373 g/mol. The maximum atomic E-state index is 12.7. The minimum absolute atomic E-state index is 0.00285. The Balaban J connectivity index is 1.53. The predicted molar refractivity (Wildman–Crippen MR) is 98.5 cm³/mol. The highest BCUT2D eigenvalue weighted by molar-refractivity contribution is 7.18. The summed E-state index contributed by atoms with van der Waals surface area (Å²) in [6.07, 6.45) is 1.92. The Hall–Kier alpha value is -2.32. The molecule has 0 aliphatic carbocycles. The molecule has 3 heterocycles. The first-order chi connectivity index (χ1) is 12.1. The second-order valence-corrected chi connectivity index (χ2v) is 8.13. The van der Waals surface area contributed by atoms with Gasteiger partial charge in [-0.2, -0.15) is 0 Å². The molecule has 0 unspecified atom stereocenters. The molecule has 0 N–H and O–H groups in total. The topological polar surface area (TPSA) is 76.3 Å². The van der Waals surface area contributed by atoms with Crippen LogP contribution in [0.15, 0.2) is 36.4 Å².